The fourth-order valence-corrected chi connectivity index (χ4v) is 2.80. The standard InChI is InChI=1S/C19H24N2O4S/c1-3-13-24-17-6-4-16(5-7-17)15-21(2)12-14-25-18-8-10-19(11-9-18)26(20,22)23/h3-11H,1,12-15H2,2H3,(H2,20,22,23). The number of likely N-dealkylation sites (N-methyl/N-ethyl adjacent to an activating group) is 1. The predicted octanol–water partition coefficient (Wildman–Crippen LogP) is 2.41. The van der Waals surface area contributed by atoms with Gasteiger partial charge < -0.3 is 9.47 Å². The highest BCUT2D eigenvalue weighted by molar-refractivity contribution is 7.89. The molecule has 0 saturated heterocycles. The summed E-state index contributed by atoms with van der Waals surface area (Å²) in [6.07, 6.45) is 1.71. The fraction of sp³-hybridized carbons (Fsp3) is 0.263. The molecule has 0 radical (unpaired) electrons. The Morgan fingerprint density at radius 1 is 1.04 bits per heavy atom. The van der Waals surface area contributed by atoms with E-state index >= 15 is 0 Å². The molecular weight excluding hydrogens is 352 g/mol. The Hall–Kier alpha value is -2.35. The SMILES string of the molecule is C=CCOc1ccc(CN(C)CCOc2ccc(S(N)(=O)=O)cc2)cc1. The van der Waals surface area contributed by atoms with Crippen LogP contribution in [0.4, 0.5) is 0 Å². The minimum Gasteiger partial charge on any atom is -0.492 e. The number of hydrogen-bond donors (Lipinski definition) is 1. The molecular formula is C19H24N2O4S. The molecule has 0 spiro atoms. The lowest BCUT2D eigenvalue weighted by atomic mass is 10.2. The van der Waals surface area contributed by atoms with Crippen molar-refractivity contribution in [2.75, 3.05) is 26.8 Å². The van der Waals surface area contributed by atoms with Crippen LogP contribution in [0.25, 0.3) is 0 Å². The van der Waals surface area contributed by atoms with Crippen LogP contribution in [0.1, 0.15) is 5.56 Å². The maximum Gasteiger partial charge on any atom is 0.238 e. The summed E-state index contributed by atoms with van der Waals surface area (Å²) in [6, 6.07) is 14.0. The van der Waals surface area contributed by atoms with Crippen molar-refractivity contribution in [3.05, 3.63) is 66.7 Å². The Morgan fingerprint density at radius 3 is 2.19 bits per heavy atom. The van der Waals surface area contributed by atoms with Gasteiger partial charge in [-0.1, -0.05) is 24.8 Å². The molecule has 2 aromatic carbocycles. The van der Waals surface area contributed by atoms with Crippen molar-refractivity contribution in [1.29, 1.82) is 0 Å². The van der Waals surface area contributed by atoms with Crippen molar-refractivity contribution >= 4 is 10.0 Å². The topological polar surface area (TPSA) is 81.9 Å². The number of sulfonamides is 1. The third-order valence-electron chi connectivity index (χ3n) is 3.64. The monoisotopic (exact) mass is 376 g/mol. The maximum absolute atomic E-state index is 11.2. The molecule has 0 aliphatic rings. The average molecular weight is 376 g/mol. The predicted molar refractivity (Wildman–Crippen MR) is 102 cm³/mol. The largest absolute Gasteiger partial charge is 0.492 e. The Bertz CT molecular complexity index is 802. The lowest BCUT2D eigenvalue weighted by Gasteiger charge is -2.17. The van der Waals surface area contributed by atoms with Crippen LogP contribution in [0, 0.1) is 0 Å². The van der Waals surface area contributed by atoms with E-state index in [-0.39, 0.29) is 4.90 Å². The number of nitrogens with zero attached hydrogens (tertiary/aromatic N) is 1. The van der Waals surface area contributed by atoms with Crippen LogP contribution < -0.4 is 14.6 Å². The second kappa shape index (κ2) is 9.38. The normalized spacial score (nSPS) is 11.3. The van der Waals surface area contributed by atoms with Gasteiger partial charge in [-0.05, 0) is 49.0 Å². The number of ether oxygens (including phenoxy) is 2. The zero-order valence-electron chi connectivity index (χ0n) is 14.8. The van der Waals surface area contributed by atoms with E-state index in [1.807, 2.05) is 31.3 Å². The molecule has 0 aliphatic heterocycles. The lowest BCUT2D eigenvalue weighted by molar-refractivity contribution is 0.232. The van der Waals surface area contributed by atoms with Crippen molar-refractivity contribution in [3.63, 3.8) is 0 Å². The van der Waals surface area contributed by atoms with E-state index in [0.717, 1.165) is 18.8 Å². The summed E-state index contributed by atoms with van der Waals surface area (Å²) >= 11 is 0. The molecule has 0 aromatic heterocycles. The molecule has 0 saturated carbocycles. The average Bonchev–Trinajstić information content (AvgIpc) is 2.61. The van der Waals surface area contributed by atoms with Crippen LogP contribution in [-0.4, -0.2) is 40.1 Å². The van der Waals surface area contributed by atoms with Gasteiger partial charge in [-0.15, -0.1) is 0 Å². The number of hydrogen-bond acceptors (Lipinski definition) is 5. The number of nitrogens with two attached hydrogens (primary N) is 1. The minimum atomic E-state index is -3.67. The Morgan fingerprint density at radius 2 is 1.62 bits per heavy atom. The lowest BCUT2D eigenvalue weighted by Crippen LogP contribution is -2.23. The Balaban J connectivity index is 1.76. The molecule has 2 rings (SSSR count). The second-order valence-electron chi connectivity index (χ2n) is 5.85. The van der Waals surface area contributed by atoms with Crippen LogP contribution in [0.5, 0.6) is 11.5 Å². The van der Waals surface area contributed by atoms with Gasteiger partial charge in [0, 0.05) is 13.1 Å². The highest BCUT2D eigenvalue weighted by atomic mass is 32.2. The molecule has 0 fully saturated rings. The van der Waals surface area contributed by atoms with Crippen molar-refractivity contribution in [3.8, 4) is 11.5 Å². The van der Waals surface area contributed by atoms with Gasteiger partial charge in [-0.2, -0.15) is 0 Å². The summed E-state index contributed by atoms with van der Waals surface area (Å²) in [6.45, 7) is 6.12. The van der Waals surface area contributed by atoms with Crippen LogP contribution in [0.15, 0.2) is 66.1 Å². The zero-order valence-corrected chi connectivity index (χ0v) is 15.6. The third-order valence-corrected chi connectivity index (χ3v) is 4.57. The van der Waals surface area contributed by atoms with E-state index in [1.165, 1.54) is 17.7 Å². The van der Waals surface area contributed by atoms with Gasteiger partial charge in [0.1, 0.15) is 24.7 Å². The minimum absolute atomic E-state index is 0.0717. The van der Waals surface area contributed by atoms with Crippen molar-refractivity contribution in [2.24, 2.45) is 5.14 Å². The summed E-state index contributed by atoms with van der Waals surface area (Å²) in [7, 11) is -1.66. The summed E-state index contributed by atoms with van der Waals surface area (Å²) < 4.78 is 33.5. The number of primary sulfonamides is 1. The molecule has 0 heterocycles. The van der Waals surface area contributed by atoms with E-state index < -0.39 is 10.0 Å². The molecule has 26 heavy (non-hydrogen) atoms. The van der Waals surface area contributed by atoms with E-state index in [2.05, 4.69) is 11.5 Å². The first-order chi connectivity index (χ1) is 12.4. The number of benzene rings is 2. The van der Waals surface area contributed by atoms with E-state index in [9.17, 15) is 8.42 Å². The third kappa shape index (κ3) is 6.51. The van der Waals surface area contributed by atoms with E-state index in [1.54, 1.807) is 18.2 Å². The first-order valence-corrected chi connectivity index (χ1v) is 9.70. The van der Waals surface area contributed by atoms with E-state index in [0.29, 0.717) is 19.0 Å². The van der Waals surface area contributed by atoms with Crippen molar-refractivity contribution in [1.82, 2.24) is 4.90 Å². The molecule has 2 N–H and O–H groups in total. The molecule has 0 aliphatic carbocycles. The van der Waals surface area contributed by atoms with Crippen LogP contribution >= 0.6 is 0 Å². The van der Waals surface area contributed by atoms with Crippen LogP contribution in [0.2, 0.25) is 0 Å². The molecule has 140 valence electrons. The first-order valence-electron chi connectivity index (χ1n) is 8.15. The second-order valence-corrected chi connectivity index (χ2v) is 7.41. The molecule has 0 amide bonds. The quantitative estimate of drug-likeness (QED) is 0.644. The fourth-order valence-electron chi connectivity index (χ4n) is 2.28. The molecule has 7 heteroatoms. The Labute approximate surface area is 154 Å². The van der Waals surface area contributed by atoms with Crippen LogP contribution in [-0.2, 0) is 16.6 Å². The van der Waals surface area contributed by atoms with Gasteiger partial charge in [-0.3, -0.25) is 4.90 Å². The molecule has 0 atom stereocenters. The highest BCUT2D eigenvalue weighted by Gasteiger charge is 2.07. The summed E-state index contributed by atoms with van der Waals surface area (Å²) in [5.74, 6) is 1.43. The van der Waals surface area contributed by atoms with Gasteiger partial charge in [0.15, 0.2) is 0 Å². The van der Waals surface area contributed by atoms with Gasteiger partial charge in [-0.25, -0.2) is 13.6 Å². The smallest absolute Gasteiger partial charge is 0.238 e. The number of rotatable bonds is 10. The van der Waals surface area contributed by atoms with Crippen LogP contribution in [0.3, 0.4) is 0 Å². The zero-order chi connectivity index (χ0) is 19.0. The molecule has 6 nitrogen and oxygen atoms in total. The van der Waals surface area contributed by atoms with Gasteiger partial charge >= 0.3 is 0 Å². The summed E-state index contributed by atoms with van der Waals surface area (Å²) in [5.41, 5.74) is 1.18. The van der Waals surface area contributed by atoms with Gasteiger partial charge in [0.05, 0.1) is 4.90 Å². The molecule has 0 bridgehead atoms. The van der Waals surface area contributed by atoms with Gasteiger partial charge in [0.25, 0.3) is 0 Å². The molecule has 0 unspecified atom stereocenters. The maximum atomic E-state index is 11.2. The summed E-state index contributed by atoms with van der Waals surface area (Å²) in [4.78, 5) is 2.21. The van der Waals surface area contributed by atoms with Crippen molar-refractivity contribution in [2.45, 2.75) is 11.4 Å². The highest BCUT2D eigenvalue weighted by Crippen LogP contribution is 2.15. The first kappa shape index (κ1) is 20.0. The molecule has 2 aromatic rings. The van der Waals surface area contributed by atoms with Gasteiger partial charge in [0.2, 0.25) is 10.0 Å². The van der Waals surface area contributed by atoms with E-state index in [4.69, 9.17) is 14.6 Å². The van der Waals surface area contributed by atoms with Crippen molar-refractivity contribution < 1.29 is 17.9 Å². The summed E-state index contributed by atoms with van der Waals surface area (Å²) in [5, 5.41) is 5.07. The Kier molecular flexibility index (Phi) is 7.20.